The number of ether oxygens (including phenoxy) is 1. The van der Waals surface area contributed by atoms with E-state index in [1.165, 1.54) is 30.3 Å². The highest BCUT2D eigenvalue weighted by Crippen LogP contribution is 2.23. The van der Waals surface area contributed by atoms with Gasteiger partial charge in [-0.25, -0.2) is 13.6 Å². The van der Waals surface area contributed by atoms with Crippen LogP contribution in [0, 0.1) is 23.0 Å². The molecule has 0 aromatic heterocycles. The molecule has 0 fully saturated rings. The number of hydrogen-bond acceptors (Lipinski definition) is 3. The van der Waals surface area contributed by atoms with Crippen molar-refractivity contribution in [2.24, 2.45) is 0 Å². The normalized spacial score (nSPS) is 9.95. The zero-order valence-electron chi connectivity index (χ0n) is 10.6. The Bertz CT molecular complexity index is 738. The second kappa shape index (κ2) is 6.01. The number of nitrogens with zero attached hydrogens (tertiary/aromatic N) is 1. The first-order valence-electron chi connectivity index (χ1n) is 5.86. The van der Waals surface area contributed by atoms with E-state index in [9.17, 15) is 13.6 Å². The van der Waals surface area contributed by atoms with Gasteiger partial charge in [-0.1, -0.05) is 18.2 Å². The average Bonchev–Trinajstić information content (AvgIpc) is 2.45. The van der Waals surface area contributed by atoms with Gasteiger partial charge in [0.05, 0.1) is 5.56 Å². The van der Waals surface area contributed by atoms with Gasteiger partial charge in [0.2, 0.25) is 0 Å². The molecule has 0 amide bonds. The highest BCUT2D eigenvalue weighted by molar-refractivity contribution is 5.91. The molecular formula is C15H9F2NO3. The molecule has 0 atom stereocenters. The van der Waals surface area contributed by atoms with E-state index in [4.69, 9.17) is 15.1 Å². The SMILES string of the molecule is N#Cc1cccc(COc2cccc(F)c2C(=O)O)c1F. The average molecular weight is 289 g/mol. The Morgan fingerprint density at radius 3 is 2.62 bits per heavy atom. The molecule has 0 unspecified atom stereocenters. The summed E-state index contributed by atoms with van der Waals surface area (Å²) in [5.74, 6) is -3.36. The first-order chi connectivity index (χ1) is 10.0. The van der Waals surface area contributed by atoms with Gasteiger partial charge in [0.25, 0.3) is 0 Å². The number of rotatable bonds is 4. The Morgan fingerprint density at radius 1 is 1.24 bits per heavy atom. The predicted octanol–water partition coefficient (Wildman–Crippen LogP) is 3.11. The lowest BCUT2D eigenvalue weighted by atomic mass is 10.1. The zero-order valence-corrected chi connectivity index (χ0v) is 10.6. The standard InChI is InChI=1S/C15H9F2NO3/c16-11-5-2-6-12(13(11)15(19)20)21-8-10-4-1-3-9(7-18)14(10)17/h1-6H,8H2,(H,19,20). The largest absolute Gasteiger partial charge is 0.488 e. The van der Waals surface area contributed by atoms with Crippen molar-refractivity contribution in [2.45, 2.75) is 6.61 Å². The van der Waals surface area contributed by atoms with Gasteiger partial charge < -0.3 is 9.84 Å². The Labute approximate surface area is 118 Å². The minimum absolute atomic E-state index is 0.0784. The molecule has 0 radical (unpaired) electrons. The Balaban J connectivity index is 2.28. The lowest BCUT2D eigenvalue weighted by Gasteiger charge is -2.10. The van der Waals surface area contributed by atoms with Crippen LogP contribution in [0.1, 0.15) is 21.5 Å². The molecule has 0 aliphatic rings. The van der Waals surface area contributed by atoms with Crippen molar-refractivity contribution in [3.8, 4) is 11.8 Å². The lowest BCUT2D eigenvalue weighted by molar-refractivity contribution is 0.0686. The van der Waals surface area contributed by atoms with E-state index in [1.807, 2.05) is 0 Å². The van der Waals surface area contributed by atoms with Crippen LogP contribution in [0.5, 0.6) is 5.75 Å². The van der Waals surface area contributed by atoms with E-state index in [-0.39, 0.29) is 23.5 Å². The molecule has 0 aliphatic heterocycles. The quantitative estimate of drug-likeness (QED) is 0.938. The van der Waals surface area contributed by atoms with Crippen molar-refractivity contribution >= 4 is 5.97 Å². The number of halogens is 2. The first-order valence-corrected chi connectivity index (χ1v) is 5.86. The maximum atomic E-state index is 13.8. The number of carboxylic acids is 1. The topological polar surface area (TPSA) is 70.3 Å². The lowest BCUT2D eigenvalue weighted by Crippen LogP contribution is -2.07. The van der Waals surface area contributed by atoms with Crippen molar-refractivity contribution < 1.29 is 23.4 Å². The number of hydrogen-bond donors (Lipinski definition) is 1. The minimum atomic E-state index is -1.48. The number of aromatic carboxylic acids is 1. The van der Waals surface area contributed by atoms with Gasteiger partial charge in [-0.3, -0.25) is 0 Å². The molecule has 6 heteroatoms. The summed E-state index contributed by atoms with van der Waals surface area (Å²) < 4.78 is 32.4. The molecule has 1 N–H and O–H groups in total. The van der Waals surface area contributed by atoms with Gasteiger partial charge in [0, 0.05) is 5.56 Å². The highest BCUT2D eigenvalue weighted by Gasteiger charge is 2.17. The molecule has 21 heavy (non-hydrogen) atoms. The number of carboxylic acid groups (broad SMARTS) is 1. The molecule has 2 rings (SSSR count). The molecule has 0 aliphatic carbocycles. The van der Waals surface area contributed by atoms with Gasteiger partial charge in [0.15, 0.2) is 0 Å². The Hall–Kier alpha value is -2.94. The second-order valence-corrected chi connectivity index (χ2v) is 4.10. The fourth-order valence-corrected chi connectivity index (χ4v) is 1.77. The van der Waals surface area contributed by atoms with E-state index in [1.54, 1.807) is 6.07 Å². The van der Waals surface area contributed by atoms with Crippen molar-refractivity contribution in [1.82, 2.24) is 0 Å². The van der Waals surface area contributed by atoms with Crippen molar-refractivity contribution in [3.63, 3.8) is 0 Å². The van der Waals surface area contributed by atoms with E-state index in [0.717, 1.165) is 6.07 Å². The fraction of sp³-hybridized carbons (Fsp3) is 0.0667. The van der Waals surface area contributed by atoms with Crippen LogP contribution in [0.4, 0.5) is 8.78 Å². The molecule has 2 aromatic carbocycles. The number of carbonyl (C=O) groups is 1. The van der Waals surface area contributed by atoms with Crippen LogP contribution in [-0.2, 0) is 6.61 Å². The summed E-state index contributed by atoms with van der Waals surface area (Å²) in [6.45, 7) is -0.314. The summed E-state index contributed by atoms with van der Waals surface area (Å²) in [5, 5.41) is 17.7. The summed E-state index contributed by atoms with van der Waals surface area (Å²) in [7, 11) is 0. The third-order valence-corrected chi connectivity index (χ3v) is 2.77. The van der Waals surface area contributed by atoms with Crippen LogP contribution >= 0.6 is 0 Å². The van der Waals surface area contributed by atoms with Gasteiger partial charge in [0.1, 0.15) is 35.6 Å². The minimum Gasteiger partial charge on any atom is -0.488 e. The van der Waals surface area contributed by atoms with Crippen molar-refractivity contribution in [1.29, 1.82) is 5.26 Å². The van der Waals surface area contributed by atoms with Gasteiger partial charge in [-0.2, -0.15) is 5.26 Å². The van der Waals surface area contributed by atoms with Gasteiger partial charge in [-0.05, 0) is 18.2 Å². The monoisotopic (exact) mass is 289 g/mol. The predicted molar refractivity (Wildman–Crippen MR) is 68.8 cm³/mol. The van der Waals surface area contributed by atoms with Crippen molar-refractivity contribution in [3.05, 3.63) is 64.7 Å². The van der Waals surface area contributed by atoms with E-state index in [2.05, 4.69) is 0 Å². The van der Waals surface area contributed by atoms with Gasteiger partial charge in [-0.15, -0.1) is 0 Å². The van der Waals surface area contributed by atoms with Crippen LogP contribution in [0.25, 0.3) is 0 Å². The maximum Gasteiger partial charge on any atom is 0.342 e. The Morgan fingerprint density at radius 2 is 1.95 bits per heavy atom. The van der Waals surface area contributed by atoms with E-state index < -0.39 is 23.2 Å². The summed E-state index contributed by atoms with van der Waals surface area (Å²) in [4.78, 5) is 11.0. The van der Waals surface area contributed by atoms with Crippen LogP contribution in [0.15, 0.2) is 36.4 Å². The third kappa shape index (κ3) is 2.98. The first kappa shape index (κ1) is 14.5. The van der Waals surface area contributed by atoms with Crippen LogP contribution in [0.2, 0.25) is 0 Å². The molecule has 0 spiro atoms. The fourth-order valence-electron chi connectivity index (χ4n) is 1.77. The molecule has 0 saturated heterocycles. The zero-order chi connectivity index (χ0) is 15.4. The highest BCUT2D eigenvalue weighted by atomic mass is 19.1. The van der Waals surface area contributed by atoms with E-state index in [0.29, 0.717) is 0 Å². The van der Waals surface area contributed by atoms with Crippen LogP contribution in [-0.4, -0.2) is 11.1 Å². The molecule has 0 bridgehead atoms. The molecule has 0 heterocycles. The third-order valence-electron chi connectivity index (χ3n) is 2.77. The molecule has 4 nitrogen and oxygen atoms in total. The molecular weight excluding hydrogens is 280 g/mol. The summed E-state index contributed by atoms with van der Waals surface area (Å²) >= 11 is 0. The summed E-state index contributed by atoms with van der Waals surface area (Å²) in [5.41, 5.74) is -0.683. The number of nitriles is 1. The number of benzene rings is 2. The summed E-state index contributed by atoms with van der Waals surface area (Å²) in [6.07, 6.45) is 0. The second-order valence-electron chi connectivity index (χ2n) is 4.10. The smallest absolute Gasteiger partial charge is 0.342 e. The van der Waals surface area contributed by atoms with E-state index >= 15 is 0 Å². The van der Waals surface area contributed by atoms with Crippen LogP contribution in [0.3, 0.4) is 0 Å². The molecule has 2 aromatic rings. The maximum absolute atomic E-state index is 13.8. The van der Waals surface area contributed by atoms with Crippen LogP contribution < -0.4 is 4.74 Å². The summed E-state index contributed by atoms with van der Waals surface area (Å²) in [6, 6.07) is 9.43. The van der Waals surface area contributed by atoms with Gasteiger partial charge >= 0.3 is 5.97 Å². The Kier molecular flexibility index (Phi) is 4.14. The van der Waals surface area contributed by atoms with Crippen molar-refractivity contribution in [2.75, 3.05) is 0 Å². The molecule has 106 valence electrons. The molecule has 0 saturated carbocycles.